The molecule has 0 atom stereocenters. The molecule has 2 rings (SSSR count). The first-order valence-corrected chi connectivity index (χ1v) is 4.62. The van der Waals surface area contributed by atoms with Crippen molar-refractivity contribution in [1.82, 2.24) is 9.97 Å². The van der Waals surface area contributed by atoms with Gasteiger partial charge in [-0.25, -0.2) is 9.97 Å². The van der Waals surface area contributed by atoms with Gasteiger partial charge in [-0.1, -0.05) is 11.6 Å². The van der Waals surface area contributed by atoms with Gasteiger partial charge < -0.3 is 0 Å². The summed E-state index contributed by atoms with van der Waals surface area (Å²) in [6.45, 7) is 0. The summed E-state index contributed by atoms with van der Waals surface area (Å²) >= 11 is 9.03. The van der Waals surface area contributed by atoms with Crippen molar-refractivity contribution in [2.24, 2.45) is 0 Å². The third-order valence-corrected chi connectivity index (χ3v) is 2.76. The van der Waals surface area contributed by atoms with Gasteiger partial charge in [-0.2, -0.15) is 0 Å². The first-order chi connectivity index (χ1) is 5.27. The van der Waals surface area contributed by atoms with Crippen molar-refractivity contribution in [1.29, 1.82) is 0 Å². The van der Waals surface area contributed by atoms with Crippen LogP contribution in [-0.2, 0) is 0 Å². The second-order valence-electron chi connectivity index (χ2n) is 2.64. The zero-order valence-electron chi connectivity index (χ0n) is 5.72. The maximum absolute atomic E-state index is 5.79. The molecule has 0 N–H and O–H groups in total. The van der Waals surface area contributed by atoms with Crippen LogP contribution in [0.15, 0.2) is 10.7 Å². The zero-order chi connectivity index (χ0) is 7.84. The minimum Gasteiger partial charge on any atom is -0.240 e. The highest BCUT2D eigenvalue weighted by Crippen LogP contribution is 2.38. The molecule has 0 spiro atoms. The monoisotopic (exact) mass is 232 g/mol. The van der Waals surface area contributed by atoms with Crippen LogP contribution in [-0.4, -0.2) is 9.97 Å². The second-order valence-corrected chi connectivity index (χ2v) is 3.85. The molecule has 1 aromatic rings. The fourth-order valence-electron chi connectivity index (χ4n) is 0.897. The lowest BCUT2D eigenvalue weighted by molar-refractivity contribution is 0.922. The van der Waals surface area contributed by atoms with Crippen molar-refractivity contribution in [3.05, 3.63) is 21.6 Å². The van der Waals surface area contributed by atoms with Crippen LogP contribution in [0.25, 0.3) is 0 Å². The van der Waals surface area contributed by atoms with E-state index in [0.29, 0.717) is 11.1 Å². The fraction of sp³-hybridized carbons (Fsp3) is 0.429. The van der Waals surface area contributed by atoms with Gasteiger partial charge in [-0.15, -0.1) is 0 Å². The van der Waals surface area contributed by atoms with Gasteiger partial charge in [0.2, 0.25) is 0 Å². The van der Waals surface area contributed by atoms with Gasteiger partial charge in [0.05, 0.1) is 4.47 Å². The summed E-state index contributed by atoms with van der Waals surface area (Å²) < 4.78 is 0.767. The third-order valence-electron chi connectivity index (χ3n) is 1.66. The van der Waals surface area contributed by atoms with Crippen LogP contribution in [0.5, 0.6) is 0 Å². The van der Waals surface area contributed by atoms with Crippen LogP contribution < -0.4 is 0 Å². The number of hydrogen-bond donors (Lipinski definition) is 0. The molecule has 0 aromatic carbocycles. The lowest BCUT2D eigenvalue weighted by Gasteiger charge is -1.97. The standard InChI is InChI=1S/C7H6BrClN2/c8-5-3-10-7(4-1-2-4)11-6(5)9/h3-4H,1-2H2. The average Bonchev–Trinajstić information content (AvgIpc) is 2.77. The Bertz CT molecular complexity index is 286. The predicted molar refractivity (Wildman–Crippen MR) is 46.7 cm³/mol. The number of halogens is 2. The number of hydrogen-bond acceptors (Lipinski definition) is 2. The molecule has 1 aromatic heterocycles. The molecule has 1 fully saturated rings. The smallest absolute Gasteiger partial charge is 0.146 e. The Labute approximate surface area is 78.1 Å². The first-order valence-electron chi connectivity index (χ1n) is 3.45. The molecule has 0 aliphatic heterocycles. The summed E-state index contributed by atoms with van der Waals surface area (Å²) in [6.07, 6.45) is 4.12. The molecule has 2 nitrogen and oxygen atoms in total. The maximum atomic E-state index is 5.79. The average molecular weight is 233 g/mol. The highest BCUT2D eigenvalue weighted by atomic mass is 79.9. The summed E-state index contributed by atoms with van der Waals surface area (Å²) in [6, 6.07) is 0. The van der Waals surface area contributed by atoms with Gasteiger partial charge in [0.1, 0.15) is 11.0 Å². The molecule has 4 heteroatoms. The molecule has 1 saturated carbocycles. The van der Waals surface area contributed by atoms with E-state index in [0.717, 1.165) is 10.3 Å². The molecule has 0 amide bonds. The van der Waals surface area contributed by atoms with E-state index in [1.807, 2.05) is 0 Å². The Hall–Kier alpha value is -0.150. The van der Waals surface area contributed by atoms with Crippen LogP contribution in [0.3, 0.4) is 0 Å². The molecule has 0 radical (unpaired) electrons. The number of nitrogens with zero attached hydrogens (tertiary/aromatic N) is 2. The normalized spacial score (nSPS) is 16.9. The van der Waals surface area contributed by atoms with Gasteiger partial charge in [-0.3, -0.25) is 0 Å². The summed E-state index contributed by atoms with van der Waals surface area (Å²) in [5.74, 6) is 1.46. The molecule has 1 aliphatic rings. The minimum absolute atomic E-state index is 0.516. The molecule has 11 heavy (non-hydrogen) atoms. The summed E-state index contributed by atoms with van der Waals surface area (Å²) in [4.78, 5) is 8.30. The molecule has 0 bridgehead atoms. The van der Waals surface area contributed by atoms with Crippen LogP contribution in [0.4, 0.5) is 0 Å². The second kappa shape index (κ2) is 2.72. The Balaban J connectivity index is 2.36. The fourth-order valence-corrected chi connectivity index (χ4v) is 1.22. The van der Waals surface area contributed by atoms with Crippen LogP contribution >= 0.6 is 27.5 Å². The Kier molecular flexibility index (Phi) is 1.85. The SMILES string of the molecule is Clc1nc(C2CC2)ncc1Br. The highest BCUT2D eigenvalue weighted by molar-refractivity contribution is 9.10. The van der Waals surface area contributed by atoms with Gasteiger partial charge in [0.25, 0.3) is 0 Å². The van der Waals surface area contributed by atoms with E-state index in [9.17, 15) is 0 Å². The summed E-state index contributed by atoms with van der Waals surface area (Å²) in [5.41, 5.74) is 0. The van der Waals surface area contributed by atoms with Gasteiger partial charge in [-0.05, 0) is 28.8 Å². The highest BCUT2D eigenvalue weighted by Gasteiger charge is 2.26. The molecule has 0 saturated heterocycles. The van der Waals surface area contributed by atoms with E-state index in [2.05, 4.69) is 25.9 Å². The lowest BCUT2D eigenvalue weighted by Crippen LogP contribution is -1.91. The van der Waals surface area contributed by atoms with Crippen LogP contribution in [0, 0.1) is 0 Å². The molecule has 1 heterocycles. The minimum atomic E-state index is 0.516. The van der Waals surface area contributed by atoms with Crippen LogP contribution in [0.1, 0.15) is 24.6 Å². The molecular weight excluding hydrogens is 227 g/mol. The molecule has 0 unspecified atom stereocenters. The van der Waals surface area contributed by atoms with Crippen molar-refractivity contribution in [3.63, 3.8) is 0 Å². The predicted octanol–water partition coefficient (Wildman–Crippen LogP) is 2.77. The lowest BCUT2D eigenvalue weighted by atomic mass is 10.4. The zero-order valence-corrected chi connectivity index (χ0v) is 8.06. The Morgan fingerprint density at radius 3 is 2.82 bits per heavy atom. The quantitative estimate of drug-likeness (QED) is 0.697. The maximum Gasteiger partial charge on any atom is 0.146 e. The van der Waals surface area contributed by atoms with E-state index in [1.165, 1.54) is 12.8 Å². The topological polar surface area (TPSA) is 25.8 Å². The Morgan fingerprint density at radius 2 is 2.27 bits per heavy atom. The van der Waals surface area contributed by atoms with Gasteiger partial charge in [0, 0.05) is 12.1 Å². The third kappa shape index (κ3) is 1.54. The van der Waals surface area contributed by atoms with Crippen molar-refractivity contribution < 1.29 is 0 Å². The molecule has 58 valence electrons. The van der Waals surface area contributed by atoms with Gasteiger partial charge >= 0.3 is 0 Å². The summed E-state index contributed by atoms with van der Waals surface area (Å²) in [7, 11) is 0. The van der Waals surface area contributed by atoms with Crippen molar-refractivity contribution in [2.75, 3.05) is 0 Å². The van der Waals surface area contributed by atoms with E-state index < -0.39 is 0 Å². The van der Waals surface area contributed by atoms with E-state index in [1.54, 1.807) is 6.20 Å². The van der Waals surface area contributed by atoms with Crippen molar-refractivity contribution in [2.45, 2.75) is 18.8 Å². The molecular formula is C7H6BrClN2. The van der Waals surface area contributed by atoms with E-state index in [4.69, 9.17) is 11.6 Å². The largest absolute Gasteiger partial charge is 0.240 e. The number of aromatic nitrogens is 2. The van der Waals surface area contributed by atoms with Crippen molar-refractivity contribution >= 4 is 27.5 Å². The van der Waals surface area contributed by atoms with Crippen LogP contribution in [0.2, 0.25) is 5.15 Å². The first kappa shape index (κ1) is 7.50. The van der Waals surface area contributed by atoms with Crippen molar-refractivity contribution in [3.8, 4) is 0 Å². The van der Waals surface area contributed by atoms with E-state index in [-0.39, 0.29) is 0 Å². The molecule has 1 aliphatic carbocycles. The Morgan fingerprint density at radius 1 is 1.55 bits per heavy atom. The van der Waals surface area contributed by atoms with E-state index >= 15 is 0 Å². The summed E-state index contributed by atoms with van der Waals surface area (Å²) in [5, 5.41) is 0.516. The van der Waals surface area contributed by atoms with Gasteiger partial charge in [0.15, 0.2) is 0 Å². The number of rotatable bonds is 1.